The molecule has 0 aliphatic heterocycles. The molecule has 0 aromatic heterocycles. The van der Waals surface area contributed by atoms with Crippen molar-refractivity contribution >= 4 is 29.3 Å². The summed E-state index contributed by atoms with van der Waals surface area (Å²) in [5.41, 5.74) is 1.83. The van der Waals surface area contributed by atoms with Gasteiger partial charge in [-0.05, 0) is 42.8 Å². The number of benzene rings is 2. The van der Waals surface area contributed by atoms with E-state index in [1.54, 1.807) is 50.4 Å². The summed E-state index contributed by atoms with van der Waals surface area (Å²) >= 11 is 6.05. The van der Waals surface area contributed by atoms with E-state index in [1.807, 2.05) is 6.07 Å². The molecule has 0 saturated heterocycles. The van der Waals surface area contributed by atoms with Crippen molar-refractivity contribution in [2.24, 2.45) is 0 Å². The average Bonchev–Trinajstić information content (AvgIpc) is 2.63. The van der Waals surface area contributed by atoms with Gasteiger partial charge in [0.15, 0.2) is 0 Å². The predicted molar refractivity (Wildman–Crippen MR) is 98.0 cm³/mol. The number of carbonyl (C=O) groups is 1. The van der Waals surface area contributed by atoms with Gasteiger partial charge in [0.05, 0.1) is 14.2 Å². The molecule has 0 spiro atoms. The Morgan fingerprint density at radius 2 is 2.00 bits per heavy atom. The average molecular weight is 357 g/mol. The van der Waals surface area contributed by atoms with Gasteiger partial charge < -0.3 is 14.8 Å². The minimum atomic E-state index is -0.522. The van der Waals surface area contributed by atoms with Crippen molar-refractivity contribution in [2.45, 2.75) is 6.92 Å². The molecular formula is C19H17ClN2O3. The van der Waals surface area contributed by atoms with E-state index < -0.39 is 5.91 Å². The van der Waals surface area contributed by atoms with Crippen molar-refractivity contribution in [3.05, 3.63) is 58.1 Å². The van der Waals surface area contributed by atoms with Gasteiger partial charge in [-0.1, -0.05) is 17.7 Å². The molecule has 2 rings (SSSR count). The lowest BCUT2D eigenvalue weighted by Crippen LogP contribution is -2.14. The van der Waals surface area contributed by atoms with Crippen LogP contribution in [0, 0.1) is 18.3 Å². The maximum absolute atomic E-state index is 12.4. The highest BCUT2D eigenvalue weighted by Gasteiger charge is 2.13. The molecule has 25 heavy (non-hydrogen) atoms. The first-order valence-corrected chi connectivity index (χ1v) is 7.78. The minimum Gasteiger partial charge on any atom is -0.497 e. The summed E-state index contributed by atoms with van der Waals surface area (Å²) in [6, 6.07) is 12.2. The lowest BCUT2D eigenvalue weighted by molar-refractivity contribution is -0.112. The zero-order chi connectivity index (χ0) is 18.4. The highest BCUT2D eigenvalue weighted by atomic mass is 35.5. The van der Waals surface area contributed by atoms with Crippen LogP contribution in [0.1, 0.15) is 11.1 Å². The molecule has 0 unspecified atom stereocenters. The van der Waals surface area contributed by atoms with E-state index >= 15 is 0 Å². The van der Waals surface area contributed by atoms with Crippen LogP contribution in [0.3, 0.4) is 0 Å². The lowest BCUT2D eigenvalue weighted by Gasteiger charge is -2.10. The molecule has 1 N–H and O–H groups in total. The number of amides is 1. The van der Waals surface area contributed by atoms with Crippen molar-refractivity contribution in [1.29, 1.82) is 5.26 Å². The fourth-order valence-electron chi connectivity index (χ4n) is 2.17. The zero-order valence-electron chi connectivity index (χ0n) is 14.1. The fraction of sp³-hybridized carbons (Fsp3) is 0.158. The Balaban J connectivity index is 2.33. The number of hydrogen-bond acceptors (Lipinski definition) is 4. The summed E-state index contributed by atoms with van der Waals surface area (Å²) in [6.07, 6.45) is 1.47. The Morgan fingerprint density at radius 1 is 1.24 bits per heavy atom. The third kappa shape index (κ3) is 4.31. The molecule has 0 saturated carbocycles. The largest absolute Gasteiger partial charge is 0.497 e. The summed E-state index contributed by atoms with van der Waals surface area (Å²) in [5.74, 6) is 0.594. The number of anilines is 1. The van der Waals surface area contributed by atoms with Crippen LogP contribution in [0.5, 0.6) is 11.5 Å². The topological polar surface area (TPSA) is 71.3 Å². The maximum atomic E-state index is 12.4. The Kier molecular flexibility index (Phi) is 6.04. The van der Waals surface area contributed by atoms with Gasteiger partial charge in [0.1, 0.15) is 23.1 Å². The molecule has 0 heterocycles. The van der Waals surface area contributed by atoms with Crippen LogP contribution in [0.2, 0.25) is 5.02 Å². The number of nitrogens with zero attached hydrogens (tertiary/aromatic N) is 1. The molecular weight excluding hydrogens is 340 g/mol. The SMILES string of the molecule is COc1ccc(/C=C(\C#N)C(=O)Nc2cccc(Cl)c2C)c(OC)c1. The highest BCUT2D eigenvalue weighted by Crippen LogP contribution is 2.27. The number of carbonyl (C=O) groups excluding carboxylic acids is 1. The van der Waals surface area contributed by atoms with Gasteiger partial charge in [0, 0.05) is 22.3 Å². The molecule has 1 amide bonds. The van der Waals surface area contributed by atoms with Gasteiger partial charge in [-0.25, -0.2) is 0 Å². The Morgan fingerprint density at radius 3 is 2.64 bits per heavy atom. The summed E-state index contributed by atoms with van der Waals surface area (Å²) in [7, 11) is 3.05. The van der Waals surface area contributed by atoms with E-state index in [-0.39, 0.29) is 5.57 Å². The fourth-order valence-corrected chi connectivity index (χ4v) is 2.35. The quantitative estimate of drug-likeness (QED) is 0.643. The number of ether oxygens (including phenoxy) is 2. The van der Waals surface area contributed by atoms with E-state index in [4.69, 9.17) is 21.1 Å². The number of hydrogen-bond donors (Lipinski definition) is 1. The van der Waals surface area contributed by atoms with Gasteiger partial charge in [-0.2, -0.15) is 5.26 Å². The molecule has 6 heteroatoms. The van der Waals surface area contributed by atoms with Crippen molar-refractivity contribution in [2.75, 3.05) is 19.5 Å². The Hall–Kier alpha value is -2.97. The molecule has 0 aliphatic rings. The van der Waals surface area contributed by atoms with Crippen LogP contribution in [-0.2, 0) is 4.79 Å². The molecule has 2 aromatic carbocycles. The Labute approximate surface area is 151 Å². The van der Waals surface area contributed by atoms with Gasteiger partial charge >= 0.3 is 0 Å². The number of nitriles is 1. The maximum Gasteiger partial charge on any atom is 0.266 e. The minimum absolute atomic E-state index is 0.0529. The second-order valence-corrected chi connectivity index (χ2v) is 5.55. The molecule has 128 valence electrons. The molecule has 0 fully saturated rings. The zero-order valence-corrected chi connectivity index (χ0v) is 14.8. The normalized spacial score (nSPS) is 10.8. The van der Waals surface area contributed by atoms with Crippen molar-refractivity contribution in [1.82, 2.24) is 0 Å². The van der Waals surface area contributed by atoms with Gasteiger partial charge in [-0.15, -0.1) is 0 Å². The van der Waals surface area contributed by atoms with Crippen molar-refractivity contribution < 1.29 is 14.3 Å². The predicted octanol–water partition coefficient (Wildman–Crippen LogP) is 4.21. The van der Waals surface area contributed by atoms with E-state index in [9.17, 15) is 10.1 Å². The number of halogens is 1. The number of methoxy groups -OCH3 is 2. The van der Waals surface area contributed by atoms with Crippen molar-refractivity contribution in [3.63, 3.8) is 0 Å². The first-order valence-electron chi connectivity index (χ1n) is 7.40. The first-order chi connectivity index (χ1) is 12.0. The van der Waals surface area contributed by atoms with Crippen molar-refractivity contribution in [3.8, 4) is 17.6 Å². The van der Waals surface area contributed by atoms with Crippen LogP contribution in [0.4, 0.5) is 5.69 Å². The summed E-state index contributed by atoms with van der Waals surface area (Å²) in [5, 5.41) is 12.6. The van der Waals surface area contributed by atoms with Crippen LogP contribution in [-0.4, -0.2) is 20.1 Å². The van der Waals surface area contributed by atoms with E-state index in [2.05, 4.69) is 5.32 Å². The number of nitrogens with one attached hydrogen (secondary N) is 1. The van der Waals surface area contributed by atoms with Gasteiger partial charge in [0.2, 0.25) is 0 Å². The monoisotopic (exact) mass is 356 g/mol. The molecule has 2 aromatic rings. The number of rotatable bonds is 5. The third-order valence-corrected chi connectivity index (χ3v) is 4.03. The van der Waals surface area contributed by atoms with E-state index in [1.165, 1.54) is 13.2 Å². The second-order valence-electron chi connectivity index (χ2n) is 5.14. The molecule has 0 aliphatic carbocycles. The van der Waals surface area contributed by atoms with Crippen LogP contribution < -0.4 is 14.8 Å². The smallest absolute Gasteiger partial charge is 0.266 e. The lowest BCUT2D eigenvalue weighted by atomic mass is 10.1. The third-order valence-electron chi connectivity index (χ3n) is 3.62. The van der Waals surface area contributed by atoms with Crippen LogP contribution >= 0.6 is 11.6 Å². The van der Waals surface area contributed by atoms with Gasteiger partial charge in [-0.3, -0.25) is 4.79 Å². The summed E-state index contributed by atoms with van der Waals surface area (Å²) in [4.78, 5) is 12.4. The summed E-state index contributed by atoms with van der Waals surface area (Å²) in [6.45, 7) is 1.79. The second kappa shape index (κ2) is 8.22. The molecule has 0 bridgehead atoms. The van der Waals surface area contributed by atoms with Crippen LogP contribution in [0.25, 0.3) is 6.08 Å². The first kappa shape index (κ1) is 18.4. The highest BCUT2D eigenvalue weighted by molar-refractivity contribution is 6.31. The van der Waals surface area contributed by atoms with E-state index in [0.29, 0.717) is 27.8 Å². The summed E-state index contributed by atoms with van der Waals surface area (Å²) < 4.78 is 10.4. The Bertz CT molecular complexity index is 869. The standard InChI is InChI=1S/C19H17ClN2O3/c1-12-16(20)5-4-6-17(12)22-19(23)14(11-21)9-13-7-8-15(24-2)10-18(13)25-3/h4-10H,1-3H3,(H,22,23)/b14-9+. The molecule has 5 nitrogen and oxygen atoms in total. The van der Waals surface area contributed by atoms with E-state index in [0.717, 1.165) is 5.56 Å². The van der Waals surface area contributed by atoms with Crippen LogP contribution in [0.15, 0.2) is 42.0 Å². The molecule has 0 radical (unpaired) electrons. The molecule has 0 atom stereocenters. The van der Waals surface area contributed by atoms with Gasteiger partial charge in [0.25, 0.3) is 5.91 Å².